The third-order valence-corrected chi connectivity index (χ3v) is 5.04. The van der Waals surface area contributed by atoms with Gasteiger partial charge in [-0.25, -0.2) is 13.1 Å². The maximum Gasteiger partial charge on any atom is 0.305 e. The molecule has 1 aromatic rings. The summed E-state index contributed by atoms with van der Waals surface area (Å²) in [5.41, 5.74) is 0. The van der Waals surface area contributed by atoms with Crippen LogP contribution in [0.5, 0.6) is 0 Å². The average molecular weight is 362 g/mol. The van der Waals surface area contributed by atoms with Gasteiger partial charge in [-0.2, -0.15) is 11.8 Å². The Bertz CT molecular complexity index is 684. The molecule has 1 aliphatic heterocycles. The first-order chi connectivity index (χ1) is 10.8. The van der Waals surface area contributed by atoms with E-state index >= 15 is 0 Å². The van der Waals surface area contributed by atoms with Gasteiger partial charge in [-0.05, 0) is 12.1 Å². The number of nitrogens with zero attached hydrogens (tertiary/aromatic N) is 1. The summed E-state index contributed by atoms with van der Waals surface area (Å²) in [6, 6.07) is 2.62. The summed E-state index contributed by atoms with van der Waals surface area (Å²) in [5, 5.41) is 8.95. The fraction of sp³-hybridized carbons (Fsp3) is 0.538. The summed E-state index contributed by atoms with van der Waals surface area (Å²) < 4.78 is 29.8. The summed E-state index contributed by atoms with van der Waals surface area (Å²) in [6.45, 7) is 0.416. The highest BCUT2D eigenvalue weighted by atomic mass is 32.2. The van der Waals surface area contributed by atoms with Gasteiger partial charge in [0.15, 0.2) is 5.76 Å². The van der Waals surface area contributed by atoms with Crippen molar-refractivity contribution >= 4 is 33.7 Å². The standard InChI is InChI=1S/C13H18N2O6S2/c1-23(19,20)14-7-10-2-3-11(21-10)13(18)15-4-5-22-8-9(15)6-12(16)17/h2-3,9,14H,4-8H2,1H3,(H,16,17). The predicted octanol–water partition coefficient (Wildman–Crippen LogP) is 0.361. The summed E-state index contributed by atoms with van der Waals surface area (Å²) in [5.74, 6) is 0.388. The smallest absolute Gasteiger partial charge is 0.305 e. The summed E-state index contributed by atoms with van der Waals surface area (Å²) in [4.78, 5) is 24.9. The molecule has 128 valence electrons. The molecule has 8 nitrogen and oxygen atoms in total. The van der Waals surface area contributed by atoms with Gasteiger partial charge in [0.05, 0.1) is 25.3 Å². The lowest BCUT2D eigenvalue weighted by atomic mass is 10.2. The molecule has 1 amide bonds. The van der Waals surface area contributed by atoms with Gasteiger partial charge in [-0.3, -0.25) is 9.59 Å². The first kappa shape index (κ1) is 17.8. The minimum atomic E-state index is -3.35. The van der Waals surface area contributed by atoms with E-state index in [0.29, 0.717) is 18.1 Å². The number of carboxylic acid groups (broad SMARTS) is 1. The fourth-order valence-corrected chi connectivity index (χ4v) is 3.69. The number of amides is 1. The molecule has 1 atom stereocenters. The van der Waals surface area contributed by atoms with Crippen LogP contribution in [0, 0.1) is 0 Å². The minimum Gasteiger partial charge on any atom is -0.481 e. The van der Waals surface area contributed by atoms with Crippen molar-refractivity contribution in [3.63, 3.8) is 0 Å². The molecule has 1 fully saturated rings. The lowest BCUT2D eigenvalue weighted by Gasteiger charge is -2.33. The zero-order valence-corrected chi connectivity index (χ0v) is 14.2. The lowest BCUT2D eigenvalue weighted by molar-refractivity contribution is -0.138. The summed E-state index contributed by atoms with van der Waals surface area (Å²) in [7, 11) is -3.35. The van der Waals surface area contributed by atoms with Crippen molar-refractivity contribution in [1.82, 2.24) is 9.62 Å². The van der Waals surface area contributed by atoms with Crippen molar-refractivity contribution in [3.05, 3.63) is 23.7 Å². The number of hydrogen-bond acceptors (Lipinski definition) is 6. The quantitative estimate of drug-likeness (QED) is 0.750. The number of carbonyl (C=O) groups excluding carboxylic acids is 1. The van der Waals surface area contributed by atoms with E-state index in [1.807, 2.05) is 0 Å². The molecule has 0 spiro atoms. The van der Waals surface area contributed by atoms with Crippen molar-refractivity contribution in [3.8, 4) is 0 Å². The molecule has 0 aliphatic carbocycles. The Labute approximate surface area is 138 Å². The number of hydrogen-bond donors (Lipinski definition) is 2. The fourth-order valence-electron chi connectivity index (χ4n) is 2.22. The van der Waals surface area contributed by atoms with Crippen LogP contribution in [0.3, 0.4) is 0 Å². The van der Waals surface area contributed by atoms with Gasteiger partial charge < -0.3 is 14.4 Å². The third kappa shape index (κ3) is 5.26. The van der Waals surface area contributed by atoms with Crippen LogP contribution < -0.4 is 4.72 Å². The molecule has 2 heterocycles. The first-order valence-electron chi connectivity index (χ1n) is 6.90. The number of carbonyl (C=O) groups is 2. The molecule has 10 heteroatoms. The SMILES string of the molecule is CS(=O)(=O)NCc1ccc(C(=O)N2CCSCC2CC(=O)O)o1. The number of sulfonamides is 1. The van der Waals surface area contributed by atoms with Crippen LogP contribution in [-0.2, 0) is 21.4 Å². The highest BCUT2D eigenvalue weighted by Gasteiger charge is 2.31. The third-order valence-electron chi connectivity index (χ3n) is 3.28. The van der Waals surface area contributed by atoms with E-state index in [1.54, 1.807) is 11.8 Å². The van der Waals surface area contributed by atoms with Crippen LogP contribution in [0.1, 0.15) is 22.7 Å². The van der Waals surface area contributed by atoms with Crippen molar-refractivity contribution in [2.45, 2.75) is 19.0 Å². The topological polar surface area (TPSA) is 117 Å². The van der Waals surface area contributed by atoms with Crippen LogP contribution in [0.25, 0.3) is 0 Å². The van der Waals surface area contributed by atoms with Gasteiger partial charge in [0, 0.05) is 18.1 Å². The molecule has 1 aliphatic rings. The number of rotatable bonds is 6. The summed E-state index contributed by atoms with van der Waals surface area (Å²) in [6.07, 6.45) is 0.922. The Balaban J connectivity index is 2.06. The Morgan fingerprint density at radius 3 is 2.87 bits per heavy atom. The van der Waals surface area contributed by atoms with Crippen molar-refractivity contribution < 1.29 is 27.5 Å². The van der Waals surface area contributed by atoms with E-state index in [0.717, 1.165) is 12.0 Å². The van der Waals surface area contributed by atoms with Gasteiger partial charge >= 0.3 is 5.97 Å². The lowest BCUT2D eigenvalue weighted by Crippen LogP contribution is -2.47. The van der Waals surface area contributed by atoms with E-state index in [-0.39, 0.29) is 30.7 Å². The van der Waals surface area contributed by atoms with Crippen LogP contribution in [-0.4, -0.2) is 60.6 Å². The largest absolute Gasteiger partial charge is 0.481 e. The molecule has 2 N–H and O–H groups in total. The molecular formula is C13H18N2O6S2. The Morgan fingerprint density at radius 2 is 2.22 bits per heavy atom. The van der Waals surface area contributed by atoms with Gasteiger partial charge in [0.1, 0.15) is 5.76 Å². The Hall–Kier alpha value is -1.52. The second-order valence-electron chi connectivity index (χ2n) is 5.18. The van der Waals surface area contributed by atoms with Gasteiger partial charge in [0.25, 0.3) is 5.91 Å². The minimum absolute atomic E-state index is 0.0412. The van der Waals surface area contributed by atoms with E-state index < -0.39 is 16.0 Å². The number of thioether (sulfide) groups is 1. The maximum atomic E-state index is 12.5. The molecule has 1 unspecified atom stereocenters. The zero-order valence-electron chi connectivity index (χ0n) is 12.5. The molecule has 23 heavy (non-hydrogen) atoms. The Kier molecular flexibility index (Phi) is 5.71. The normalized spacial score (nSPS) is 18.8. The van der Waals surface area contributed by atoms with E-state index in [1.165, 1.54) is 17.0 Å². The molecule has 0 radical (unpaired) electrons. The van der Waals surface area contributed by atoms with Crippen molar-refractivity contribution in [2.24, 2.45) is 0 Å². The van der Waals surface area contributed by atoms with Gasteiger partial charge in [-0.1, -0.05) is 0 Å². The maximum absolute atomic E-state index is 12.5. The summed E-state index contributed by atoms with van der Waals surface area (Å²) >= 11 is 1.61. The molecule has 1 aromatic heterocycles. The monoisotopic (exact) mass is 362 g/mol. The van der Waals surface area contributed by atoms with Crippen LogP contribution >= 0.6 is 11.8 Å². The molecule has 0 aromatic carbocycles. The van der Waals surface area contributed by atoms with E-state index in [9.17, 15) is 18.0 Å². The van der Waals surface area contributed by atoms with Gasteiger partial charge in [0.2, 0.25) is 10.0 Å². The van der Waals surface area contributed by atoms with Gasteiger partial charge in [-0.15, -0.1) is 0 Å². The van der Waals surface area contributed by atoms with E-state index in [4.69, 9.17) is 9.52 Å². The molecule has 0 bridgehead atoms. The van der Waals surface area contributed by atoms with Crippen molar-refractivity contribution in [1.29, 1.82) is 0 Å². The van der Waals surface area contributed by atoms with Crippen LogP contribution in [0.4, 0.5) is 0 Å². The molecule has 0 saturated carbocycles. The number of furan rings is 1. The second kappa shape index (κ2) is 7.37. The molecular weight excluding hydrogens is 344 g/mol. The molecule has 1 saturated heterocycles. The number of aliphatic carboxylic acids is 1. The zero-order chi connectivity index (χ0) is 17.0. The van der Waals surface area contributed by atoms with Crippen LogP contribution in [0.15, 0.2) is 16.5 Å². The predicted molar refractivity (Wildman–Crippen MR) is 84.8 cm³/mol. The Morgan fingerprint density at radius 1 is 1.48 bits per heavy atom. The van der Waals surface area contributed by atoms with Crippen molar-refractivity contribution in [2.75, 3.05) is 24.3 Å². The second-order valence-corrected chi connectivity index (χ2v) is 8.17. The highest BCUT2D eigenvalue weighted by molar-refractivity contribution is 7.99. The highest BCUT2D eigenvalue weighted by Crippen LogP contribution is 2.22. The van der Waals surface area contributed by atoms with E-state index in [2.05, 4.69) is 4.72 Å². The number of nitrogens with one attached hydrogen (secondary N) is 1. The average Bonchev–Trinajstić information content (AvgIpc) is 2.92. The first-order valence-corrected chi connectivity index (χ1v) is 9.95. The molecule has 2 rings (SSSR count). The number of carboxylic acids is 1. The van der Waals surface area contributed by atoms with Crippen LogP contribution in [0.2, 0.25) is 0 Å².